The third kappa shape index (κ3) is 1.80. The standard InChI is InChI=1S/C8H11IN2O2/c9-6-7(13-11-8(6)10)5-2-1-3-12-4-5/h5H,1-4H2,(H2,10,11). The summed E-state index contributed by atoms with van der Waals surface area (Å²) in [6, 6.07) is 0. The van der Waals surface area contributed by atoms with E-state index in [0.29, 0.717) is 11.7 Å². The van der Waals surface area contributed by atoms with Gasteiger partial charge < -0.3 is 15.0 Å². The molecule has 1 aliphatic heterocycles. The number of hydrogen-bond acceptors (Lipinski definition) is 4. The SMILES string of the molecule is Nc1noc(C2CCCOC2)c1I. The molecular formula is C8H11IN2O2. The molecule has 0 radical (unpaired) electrons. The first-order chi connectivity index (χ1) is 6.29. The summed E-state index contributed by atoms with van der Waals surface area (Å²) in [6.45, 7) is 1.58. The fraction of sp³-hybridized carbons (Fsp3) is 0.625. The van der Waals surface area contributed by atoms with Crippen LogP contribution in [-0.4, -0.2) is 18.4 Å². The molecule has 0 aromatic carbocycles. The molecule has 1 aliphatic rings. The molecule has 1 aromatic heterocycles. The fourth-order valence-electron chi connectivity index (χ4n) is 1.51. The van der Waals surface area contributed by atoms with Crippen molar-refractivity contribution in [2.75, 3.05) is 18.9 Å². The van der Waals surface area contributed by atoms with Gasteiger partial charge in [-0.15, -0.1) is 0 Å². The lowest BCUT2D eigenvalue weighted by Gasteiger charge is -2.19. The van der Waals surface area contributed by atoms with E-state index in [4.69, 9.17) is 15.0 Å². The van der Waals surface area contributed by atoms with E-state index in [1.54, 1.807) is 0 Å². The maximum Gasteiger partial charge on any atom is 0.180 e. The van der Waals surface area contributed by atoms with Crippen LogP contribution in [0.1, 0.15) is 24.5 Å². The third-order valence-corrected chi connectivity index (χ3v) is 3.30. The van der Waals surface area contributed by atoms with Crippen molar-refractivity contribution in [1.29, 1.82) is 0 Å². The number of nitrogens with zero attached hydrogens (tertiary/aromatic N) is 1. The fourth-order valence-corrected chi connectivity index (χ4v) is 2.14. The molecule has 0 aliphatic carbocycles. The summed E-state index contributed by atoms with van der Waals surface area (Å²) in [5.41, 5.74) is 5.59. The van der Waals surface area contributed by atoms with Gasteiger partial charge in [-0.1, -0.05) is 5.16 Å². The van der Waals surface area contributed by atoms with Gasteiger partial charge in [0.2, 0.25) is 0 Å². The van der Waals surface area contributed by atoms with Crippen LogP contribution in [0.4, 0.5) is 5.82 Å². The number of ether oxygens (including phenoxy) is 1. The van der Waals surface area contributed by atoms with Crippen molar-refractivity contribution >= 4 is 28.4 Å². The molecule has 1 atom stereocenters. The number of nitrogen functional groups attached to an aromatic ring is 1. The van der Waals surface area contributed by atoms with Gasteiger partial charge in [-0.25, -0.2) is 0 Å². The van der Waals surface area contributed by atoms with Gasteiger partial charge in [0.15, 0.2) is 11.6 Å². The molecule has 1 unspecified atom stereocenters. The van der Waals surface area contributed by atoms with Crippen LogP contribution < -0.4 is 5.73 Å². The highest BCUT2D eigenvalue weighted by Gasteiger charge is 2.23. The molecule has 13 heavy (non-hydrogen) atoms. The van der Waals surface area contributed by atoms with Crippen LogP contribution in [0.15, 0.2) is 4.52 Å². The summed E-state index contributed by atoms with van der Waals surface area (Å²) < 4.78 is 11.5. The maximum atomic E-state index is 5.59. The van der Waals surface area contributed by atoms with Crippen molar-refractivity contribution in [2.45, 2.75) is 18.8 Å². The van der Waals surface area contributed by atoms with Crippen molar-refractivity contribution in [3.8, 4) is 0 Å². The molecule has 0 saturated carbocycles. The van der Waals surface area contributed by atoms with E-state index < -0.39 is 0 Å². The first kappa shape index (κ1) is 9.26. The number of anilines is 1. The van der Waals surface area contributed by atoms with Gasteiger partial charge in [0, 0.05) is 12.5 Å². The van der Waals surface area contributed by atoms with Crippen LogP contribution in [0, 0.1) is 3.57 Å². The van der Waals surface area contributed by atoms with E-state index in [9.17, 15) is 0 Å². The van der Waals surface area contributed by atoms with Crippen molar-refractivity contribution in [3.05, 3.63) is 9.33 Å². The Hall–Kier alpha value is -0.300. The molecule has 0 spiro atoms. The second-order valence-electron chi connectivity index (χ2n) is 3.16. The molecule has 5 heteroatoms. The van der Waals surface area contributed by atoms with Gasteiger partial charge in [-0.3, -0.25) is 0 Å². The smallest absolute Gasteiger partial charge is 0.180 e. The van der Waals surface area contributed by atoms with E-state index in [2.05, 4.69) is 27.7 Å². The Balaban J connectivity index is 2.18. The minimum atomic E-state index is 0.338. The Labute approximate surface area is 89.9 Å². The third-order valence-electron chi connectivity index (χ3n) is 2.21. The Kier molecular flexibility index (Phi) is 2.73. The molecule has 1 fully saturated rings. The molecular weight excluding hydrogens is 283 g/mol. The number of aromatic nitrogens is 1. The Morgan fingerprint density at radius 1 is 1.54 bits per heavy atom. The van der Waals surface area contributed by atoms with Crippen molar-refractivity contribution < 1.29 is 9.26 Å². The zero-order valence-electron chi connectivity index (χ0n) is 7.12. The van der Waals surface area contributed by atoms with Crippen LogP contribution in [0.3, 0.4) is 0 Å². The Morgan fingerprint density at radius 2 is 2.38 bits per heavy atom. The number of hydrogen-bond donors (Lipinski definition) is 1. The molecule has 2 rings (SSSR count). The lowest BCUT2D eigenvalue weighted by Crippen LogP contribution is -2.15. The minimum absolute atomic E-state index is 0.338. The molecule has 2 heterocycles. The highest BCUT2D eigenvalue weighted by atomic mass is 127. The average molecular weight is 294 g/mol. The summed E-state index contributed by atoms with van der Waals surface area (Å²) in [7, 11) is 0. The zero-order valence-corrected chi connectivity index (χ0v) is 9.28. The monoisotopic (exact) mass is 294 g/mol. The normalized spacial score (nSPS) is 23.3. The van der Waals surface area contributed by atoms with Crippen LogP contribution in [-0.2, 0) is 4.74 Å². The topological polar surface area (TPSA) is 61.3 Å². The van der Waals surface area contributed by atoms with Gasteiger partial charge in [0.05, 0.1) is 6.61 Å². The van der Waals surface area contributed by atoms with Crippen LogP contribution in [0.25, 0.3) is 0 Å². The van der Waals surface area contributed by atoms with Crippen LogP contribution in [0.5, 0.6) is 0 Å². The molecule has 72 valence electrons. The lowest BCUT2D eigenvalue weighted by atomic mass is 10.00. The van der Waals surface area contributed by atoms with Crippen LogP contribution >= 0.6 is 22.6 Å². The van der Waals surface area contributed by atoms with Crippen molar-refractivity contribution in [2.24, 2.45) is 0 Å². The molecule has 2 N–H and O–H groups in total. The summed E-state index contributed by atoms with van der Waals surface area (Å²) in [5, 5.41) is 3.73. The van der Waals surface area contributed by atoms with Crippen molar-refractivity contribution in [1.82, 2.24) is 5.16 Å². The predicted octanol–water partition coefficient (Wildman–Crippen LogP) is 1.76. The first-order valence-electron chi connectivity index (χ1n) is 4.27. The summed E-state index contributed by atoms with van der Waals surface area (Å²) >= 11 is 2.17. The van der Waals surface area contributed by atoms with Gasteiger partial charge in [-0.05, 0) is 35.4 Å². The summed E-state index contributed by atoms with van der Waals surface area (Å²) in [4.78, 5) is 0. The minimum Gasteiger partial charge on any atom is -0.381 e. The van der Waals surface area contributed by atoms with Gasteiger partial charge >= 0.3 is 0 Å². The largest absolute Gasteiger partial charge is 0.381 e. The quantitative estimate of drug-likeness (QED) is 0.802. The summed E-state index contributed by atoms with van der Waals surface area (Å²) in [5.74, 6) is 1.71. The molecule has 1 aromatic rings. The second-order valence-corrected chi connectivity index (χ2v) is 4.24. The first-order valence-corrected chi connectivity index (χ1v) is 5.35. The Morgan fingerprint density at radius 3 is 2.92 bits per heavy atom. The van der Waals surface area contributed by atoms with Gasteiger partial charge in [0.25, 0.3) is 0 Å². The summed E-state index contributed by atoms with van der Waals surface area (Å²) in [6.07, 6.45) is 2.19. The second kappa shape index (κ2) is 3.83. The van der Waals surface area contributed by atoms with E-state index in [-0.39, 0.29) is 0 Å². The predicted molar refractivity (Wildman–Crippen MR) is 56.4 cm³/mol. The molecule has 1 saturated heterocycles. The van der Waals surface area contributed by atoms with E-state index in [1.165, 1.54) is 0 Å². The Bertz CT molecular complexity index is 294. The lowest BCUT2D eigenvalue weighted by molar-refractivity contribution is 0.0718. The van der Waals surface area contributed by atoms with E-state index in [0.717, 1.165) is 35.4 Å². The molecule has 4 nitrogen and oxygen atoms in total. The van der Waals surface area contributed by atoms with Crippen molar-refractivity contribution in [3.63, 3.8) is 0 Å². The highest BCUT2D eigenvalue weighted by Crippen LogP contribution is 2.31. The number of rotatable bonds is 1. The van der Waals surface area contributed by atoms with E-state index >= 15 is 0 Å². The number of nitrogens with two attached hydrogens (primary N) is 1. The molecule has 0 bridgehead atoms. The van der Waals surface area contributed by atoms with Gasteiger partial charge in [0.1, 0.15) is 3.57 Å². The zero-order chi connectivity index (χ0) is 9.26. The van der Waals surface area contributed by atoms with Gasteiger partial charge in [-0.2, -0.15) is 0 Å². The highest BCUT2D eigenvalue weighted by molar-refractivity contribution is 14.1. The van der Waals surface area contributed by atoms with E-state index in [1.807, 2.05) is 0 Å². The number of halogens is 1. The average Bonchev–Trinajstić information content (AvgIpc) is 2.49. The van der Waals surface area contributed by atoms with Crippen LogP contribution in [0.2, 0.25) is 0 Å². The molecule has 0 amide bonds. The maximum absolute atomic E-state index is 5.59.